The normalized spacial score (nSPS) is 20.1. The second kappa shape index (κ2) is 5.42. The zero-order chi connectivity index (χ0) is 14.2. The van der Waals surface area contributed by atoms with Crippen LogP contribution in [0.5, 0.6) is 0 Å². The second-order valence-corrected chi connectivity index (χ2v) is 8.50. The average Bonchev–Trinajstić information content (AvgIpc) is 2.54. The molecule has 1 aromatic carbocycles. The summed E-state index contributed by atoms with van der Waals surface area (Å²) in [4.78, 5) is 13.6. The molecule has 1 amide bonds. The molecular weight excluding hydrogens is 354 g/mol. The smallest absolute Gasteiger partial charge is 0.232 e. The van der Waals surface area contributed by atoms with Gasteiger partial charge < -0.3 is 4.90 Å². The third-order valence-corrected chi connectivity index (χ3v) is 4.68. The molecule has 7 heteroatoms. The maximum absolute atomic E-state index is 12.0. The van der Waals surface area contributed by atoms with E-state index in [0.717, 1.165) is 15.7 Å². The van der Waals surface area contributed by atoms with Gasteiger partial charge >= 0.3 is 0 Å². The van der Waals surface area contributed by atoms with Gasteiger partial charge in [-0.25, -0.2) is 8.42 Å². The van der Waals surface area contributed by atoms with Crippen molar-refractivity contribution in [3.05, 3.63) is 28.2 Å². The van der Waals surface area contributed by atoms with Gasteiger partial charge in [0.15, 0.2) is 0 Å². The molecule has 19 heavy (non-hydrogen) atoms. The summed E-state index contributed by atoms with van der Waals surface area (Å²) < 4.78 is 23.0. The molecule has 0 aliphatic carbocycles. The number of carbonyl (C=O) groups excluding carboxylic acids is 1. The Balaban J connectivity index is 2.20. The van der Waals surface area contributed by atoms with Crippen LogP contribution < -0.4 is 4.90 Å². The Labute approximate surface area is 125 Å². The lowest BCUT2D eigenvalue weighted by Crippen LogP contribution is -2.25. The van der Waals surface area contributed by atoms with E-state index in [1.807, 2.05) is 25.1 Å². The van der Waals surface area contributed by atoms with Crippen LogP contribution in [0.3, 0.4) is 0 Å². The Hall–Kier alpha value is -0.590. The van der Waals surface area contributed by atoms with Crippen molar-refractivity contribution in [1.29, 1.82) is 0 Å². The highest BCUT2D eigenvalue weighted by molar-refractivity contribution is 9.10. The molecule has 1 aliphatic rings. The lowest BCUT2D eigenvalue weighted by Gasteiger charge is -2.17. The van der Waals surface area contributed by atoms with Crippen molar-refractivity contribution in [3.8, 4) is 0 Å². The summed E-state index contributed by atoms with van der Waals surface area (Å²) >= 11 is 3.39. The third-order valence-electron chi connectivity index (χ3n) is 2.98. The van der Waals surface area contributed by atoms with Crippen molar-refractivity contribution in [2.24, 2.45) is 5.92 Å². The van der Waals surface area contributed by atoms with Gasteiger partial charge in [-0.2, -0.15) is 0 Å². The Morgan fingerprint density at radius 3 is 2.68 bits per heavy atom. The predicted octanol–water partition coefficient (Wildman–Crippen LogP) is 2.68. The van der Waals surface area contributed by atoms with Crippen molar-refractivity contribution in [3.63, 3.8) is 0 Å². The highest BCUT2D eigenvalue weighted by Crippen LogP contribution is 2.29. The summed E-state index contributed by atoms with van der Waals surface area (Å²) in [5.74, 6) is -0.471. The minimum atomic E-state index is -3.57. The van der Waals surface area contributed by atoms with E-state index in [9.17, 15) is 13.2 Å². The van der Waals surface area contributed by atoms with E-state index in [1.165, 1.54) is 0 Å². The summed E-state index contributed by atoms with van der Waals surface area (Å²) in [6, 6.07) is 5.70. The molecular formula is C12H13BrClNO3S. The van der Waals surface area contributed by atoms with Crippen LogP contribution in [0.25, 0.3) is 0 Å². The van der Waals surface area contributed by atoms with Gasteiger partial charge in [-0.05, 0) is 30.7 Å². The van der Waals surface area contributed by atoms with Crippen LogP contribution in [0, 0.1) is 12.8 Å². The van der Waals surface area contributed by atoms with E-state index >= 15 is 0 Å². The van der Waals surface area contributed by atoms with Gasteiger partial charge in [0.2, 0.25) is 15.0 Å². The standard InChI is InChI=1S/C12H13BrClNO3S/c1-8-2-10(13)5-11(3-8)15-6-9(4-12(15)16)7-19(14,17)18/h2-3,5,9H,4,6-7H2,1H3. The summed E-state index contributed by atoms with van der Waals surface area (Å²) in [5.41, 5.74) is 1.82. The predicted molar refractivity (Wildman–Crippen MR) is 79.0 cm³/mol. The quantitative estimate of drug-likeness (QED) is 0.773. The molecule has 0 bridgehead atoms. The van der Waals surface area contributed by atoms with Crippen LogP contribution >= 0.6 is 26.6 Å². The lowest BCUT2D eigenvalue weighted by molar-refractivity contribution is -0.117. The largest absolute Gasteiger partial charge is 0.312 e. The average molecular weight is 367 g/mol. The first-order valence-corrected chi connectivity index (χ1v) is 9.01. The highest BCUT2D eigenvalue weighted by atomic mass is 79.9. The Morgan fingerprint density at radius 2 is 2.11 bits per heavy atom. The second-order valence-electron chi connectivity index (χ2n) is 4.77. The topological polar surface area (TPSA) is 54.5 Å². The zero-order valence-corrected chi connectivity index (χ0v) is 13.4. The molecule has 1 unspecified atom stereocenters. The van der Waals surface area contributed by atoms with Crippen LogP contribution in [-0.2, 0) is 13.8 Å². The zero-order valence-electron chi connectivity index (χ0n) is 10.3. The van der Waals surface area contributed by atoms with E-state index in [4.69, 9.17) is 10.7 Å². The minimum Gasteiger partial charge on any atom is -0.312 e. The highest BCUT2D eigenvalue weighted by Gasteiger charge is 2.33. The minimum absolute atomic E-state index is 0.0668. The molecule has 1 heterocycles. The molecule has 0 aromatic heterocycles. The van der Waals surface area contributed by atoms with Crippen molar-refractivity contribution in [2.45, 2.75) is 13.3 Å². The molecule has 0 spiro atoms. The summed E-state index contributed by atoms with van der Waals surface area (Å²) in [6.07, 6.45) is 0.220. The summed E-state index contributed by atoms with van der Waals surface area (Å²) in [7, 11) is 1.67. The van der Waals surface area contributed by atoms with Gasteiger partial charge in [-0.15, -0.1) is 0 Å². The number of aryl methyl sites for hydroxylation is 1. The van der Waals surface area contributed by atoms with E-state index in [2.05, 4.69) is 15.9 Å². The first kappa shape index (κ1) is 14.8. The molecule has 0 radical (unpaired) electrons. The molecule has 0 saturated carbocycles. The lowest BCUT2D eigenvalue weighted by atomic mass is 10.1. The molecule has 4 nitrogen and oxygen atoms in total. The Kier molecular flexibility index (Phi) is 4.23. The van der Waals surface area contributed by atoms with Crippen LogP contribution in [0.1, 0.15) is 12.0 Å². The molecule has 1 fully saturated rings. The summed E-state index contributed by atoms with van der Waals surface area (Å²) in [5, 5.41) is 0. The molecule has 1 saturated heterocycles. The number of hydrogen-bond donors (Lipinski definition) is 0. The molecule has 2 rings (SSSR count). The van der Waals surface area contributed by atoms with E-state index in [1.54, 1.807) is 4.90 Å². The van der Waals surface area contributed by atoms with Crippen LogP contribution in [0.15, 0.2) is 22.7 Å². The number of hydrogen-bond acceptors (Lipinski definition) is 3. The van der Waals surface area contributed by atoms with Gasteiger partial charge in [0.1, 0.15) is 0 Å². The SMILES string of the molecule is Cc1cc(Br)cc(N2CC(CS(=O)(=O)Cl)CC2=O)c1. The van der Waals surface area contributed by atoms with Gasteiger partial charge in [0.25, 0.3) is 0 Å². The number of nitrogens with zero attached hydrogens (tertiary/aromatic N) is 1. The van der Waals surface area contributed by atoms with Crippen molar-refractivity contribution >= 4 is 47.3 Å². The number of carbonyl (C=O) groups is 1. The number of benzene rings is 1. The fourth-order valence-electron chi connectivity index (χ4n) is 2.30. The molecule has 1 aliphatic heterocycles. The fraction of sp³-hybridized carbons (Fsp3) is 0.417. The van der Waals surface area contributed by atoms with E-state index < -0.39 is 9.05 Å². The van der Waals surface area contributed by atoms with Crippen molar-refractivity contribution in [2.75, 3.05) is 17.2 Å². The number of halogens is 2. The van der Waals surface area contributed by atoms with Gasteiger partial charge in [0.05, 0.1) is 5.75 Å². The number of amides is 1. The van der Waals surface area contributed by atoms with Gasteiger partial charge in [-0.1, -0.05) is 15.9 Å². The molecule has 104 valence electrons. The Bertz CT molecular complexity index is 597. The van der Waals surface area contributed by atoms with Gasteiger partial charge in [-0.3, -0.25) is 4.79 Å². The first-order chi connectivity index (χ1) is 8.74. The monoisotopic (exact) mass is 365 g/mol. The van der Waals surface area contributed by atoms with Crippen molar-refractivity contribution < 1.29 is 13.2 Å². The summed E-state index contributed by atoms with van der Waals surface area (Å²) in [6.45, 7) is 2.33. The molecule has 1 atom stereocenters. The Morgan fingerprint density at radius 1 is 1.42 bits per heavy atom. The first-order valence-electron chi connectivity index (χ1n) is 5.74. The van der Waals surface area contributed by atoms with Crippen molar-refractivity contribution in [1.82, 2.24) is 0 Å². The molecule has 1 aromatic rings. The van der Waals surface area contributed by atoms with Crippen LogP contribution in [-0.4, -0.2) is 26.6 Å². The maximum atomic E-state index is 12.0. The number of anilines is 1. The number of rotatable bonds is 3. The maximum Gasteiger partial charge on any atom is 0.232 e. The molecule has 0 N–H and O–H groups in total. The third kappa shape index (κ3) is 3.94. The van der Waals surface area contributed by atoms with E-state index in [0.29, 0.717) is 6.54 Å². The van der Waals surface area contributed by atoms with Crippen LogP contribution in [0.2, 0.25) is 0 Å². The fourth-order valence-corrected chi connectivity index (χ4v) is 4.21. The van der Waals surface area contributed by atoms with Gasteiger partial charge in [0, 0.05) is 39.7 Å². The van der Waals surface area contributed by atoms with Crippen LogP contribution in [0.4, 0.5) is 5.69 Å². The van der Waals surface area contributed by atoms with E-state index in [-0.39, 0.29) is 24.0 Å².